The first-order valence-corrected chi connectivity index (χ1v) is 11.4. The smallest absolute Gasteiger partial charge is 0.408 e. The Hall–Kier alpha value is -1.91. The van der Waals surface area contributed by atoms with Crippen LogP contribution in [0.15, 0.2) is 0 Å². The lowest BCUT2D eigenvalue weighted by Gasteiger charge is -2.22. The van der Waals surface area contributed by atoms with Crippen LogP contribution in [0.25, 0.3) is 0 Å². The second kappa shape index (κ2) is 18.5. The average Bonchev–Trinajstić information content (AvgIpc) is 2.70. The molecule has 3 N–H and O–H groups in total. The van der Waals surface area contributed by atoms with E-state index < -0.39 is 29.7 Å². The topological polar surface area (TPSA) is 123 Å². The molecule has 0 saturated heterocycles. The van der Waals surface area contributed by atoms with Gasteiger partial charge in [-0.3, -0.25) is 4.79 Å². The van der Waals surface area contributed by atoms with E-state index in [2.05, 4.69) is 19.9 Å². The molecule has 0 fully saturated rings. The van der Waals surface area contributed by atoms with E-state index in [1.165, 1.54) is 14.2 Å². The van der Waals surface area contributed by atoms with Crippen molar-refractivity contribution in [2.75, 3.05) is 55.5 Å². The summed E-state index contributed by atoms with van der Waals surface area (Å²) in [6.07, 6.45) is 4.47. The van der Waals surface area contributed by atoms with Crippen molar-refractivity contribution in [3.8, 4) is 0 Å². The Morgan fingerprint density at radius 3 is 1.67 bits per heavy atom. The number of carbonyl (C=O) groups excluding carboxylic acids is 3. The van der Waals surface area contributed by atoms with Crippen LogP contribution in [0, 0.1) is 0 Å². The molecule has 0 rings (SSSR count). The zero-order valence-electron chi connectivity index (χ0n) is 22.2. The molecule has 0 unspecified atom stereocenters. The quantitative estimate of drug-likeness (QED) is 0.233. The molecule has 0 aromatic carbocycles. The molecule has 0 aromatic rings. The number of unbranched alkanes of at least 4 members (excludes halogenated alkanes) is 2. The Morgan fingerprint density at radius 1 is 0.818 bits per heavy atom. The largest absolute Gasteiger partial charge is 0.468 e. The number of nitrogens with two attached hydrogens (primary N) is 1. The first-order valence-electron chi connectivity index (χ1n) is 11.4. The molecule has 0 bridgehead atoms. The van der Waals surface area contributed by atoms with Crippen LogP contribution in [0.2, 0.25) is 0 Å². The number of hydrogen-bond acceptors (Lipinski definition) is 9. The molecule has 2 atom stereocenters. The molecule has 0 aliphatic heterocycles. The van der Waals surface area contributed by atoms with Crippen molar-refractivity contribution in [3.05, 3.63) is 0 Å². The maximum atomic E-state index is 11.7. The molecular weight excluding hydrogens is 428 g/mol. The van der Waals surface area contributed by atoms with Crippen molar-refractivity contribution < 1.29 is 28.6 Å². The summed E-state index contributed by atoms with van der Waals surface area (Å²) >= 11 is 0. The van der Waals surface area contributed by atoms with Gasteiger partial charge >= 0.3 is 18.0 Å². The zero-order chi connectivity index (χ0) is 26.0. The molecule has 0 spiro atoms. The van der Waals surface area contributed by atoms with E-state index >= 15 is 0 Å². The second-order valence-corrected chi connectivity index (χ2v) is 9.45. The van der Waals surface area contributed by atoms with Crippen molar-refractivity contribution in [1.82, 2.24) is 15.1 Å². The average molecular weight is 477 g/mol. The van der Waals surface area contributed by atoms with Gasteiger partial charge in [-0.2, -0.15) is 0 Å². The van der Waals surface area contributed by atoms with Crippen LogP contribution >= 0.6 is 0 Å². The number of rotatable bonds is 13. The van der Waals surface area contributed by atoms with Gasteiger partial charge in [-0.1, -0.05) is 6.42 Å². The Morgan fingerprint density at radius 2 is 1.27 bits per heavy atom. The molecule has 0 radical (unpaired) electrons. The number of nitrogens with zero attached hydrogens (tertiary/aromatic N) is 2. The van der Waals surface area contributed by atoms with Gasteiger partial charge in [0.05, 0.1) is 14.2 Å². The van der Waals surface area contributed by atoms with Crippen molar-refractivity contribution in [1.29, 1.82) is 0 Å². The van der Waals surface area contributed by atoms with Gasteiger partial charge in [0, 0.05) is 0 Å². The van der Waals surface area contributed by atoms with Crippen LogP contribution in [-0.4, -0.2) is 101 Å². The summed E-state index contributed by atoms with van der Waals surface area (Å²) in [5, 5.41) is 2.56. The second-order valence-electron chi connectivity index (χ2n) is 9.45. The SMILES string of the molecule is COC(=O)[C@@H](N)CCCCN(C)C.COC(=O)[C@H](CCCCN(C)C)NC(=O)OC(C)(C)C. The number of esters is 2. The van der Waals surface area contributed by atoms with Gasteiger partial charge in [0.2, 0.25) is 0 Å². The van der Waals surface area contributed by atoms with E-state index in [-0.39, 0.29) is 5.97 Å². The van der Waals surface area contributed by atoms with Crippen LogP contribution < -0.4 is 11.1 Å². The van der Waals surface area contributed by atoms with E-state index in [4.69, 9.17) is 15.2 Å². The molecular formula is C23H48N4O6. The lowest BCUT2D eigenvalue weighted by atomic mass is 10.1. The van der Waals surface area contributed by atoms with Gasteiger partial charge in [-0.15, -0.1) is 0 Å². The number of carbonyl (C=O) groups is 3. The minimum absolute atomic E-state index is 0.315. The highest BCUT2D eigenvalue weighted by atomic mass is 16.6. The molecule has 0 aliphatic carbocycles. The molecule has 0 aromatic heterocycles. The summed E-state index contributed by atoms with van der Waals surface area (Å²) in [5.41, 5.74) is 4.97. The third kappa shape index (κ3) is 21.7. The predicted molar refractivity (Wildman–Crippen MR) is 130 cm³/mol. The third-order valence-electron chi connectivity index (χ3n) is 4.40. The summed E-state index contributed by atoms with van der Waals surface area (Å²) in [7, 11) is 10.7. The maximum absolute atomic E-state index is 11.7. The van der Waals surface area contributed by atoms with Crippen LogP contribution in [0.4, 0.5) is 4.79 Å². The van der Waals surface area contributed by atoms with Crippen molar-refractivity contribution in [3.63, 3.8) is 0 Å². The van der Waals surface area contributed by atoms with Gasteiger partial charge in [0.15, 0.2) is 0 Å². The van der Waals surface area contributed by atoms with Gasteiger partial charge in [0.25, 0.3) is 0 Å². The first-order chi connectivity index (χ1) is 15.2. The fourth-order valence-corrected chi connectivity index (χ4v) is 2.68. The van der Waals surface area contributed by atoms with Gasteiger partial charge < -0.3 is 35.1 Å². The van der Waals surface area contributed by atoms with E-state index in [9.17, 15) is 14.4 Å². The van der Waals surface area contributed by atoms with Gasteiger partial charge in [-0.25, -0.2) is 9.59 Å². The highest BCUT2D eigenvalue weighted by molar-refractivity contribution is 5.81. The lowest BCUT2D eigenvalue weighted by molar-refractivity contribution is -0.143. The summed E-state index contributed by atoms with van der Waals surface area (Å²) in [6.45, 7) is 7.30. The monoisotopic (exact) mass is 476 g/mol. The summed E-state index contributed by atoms with van der Waals surface area (Å²) in [4.78, 5) is 38.4. The zero-order valence-corrected chi connectivity index (χ0v) is 22.2. The molecule has 10 nitrogen and oxygen atoms in total. The maximum Gasteiger partial charge on any atom is 0.408 e. The van der Waals surface area contributed by atoms with Gasteiger partial charge in [0.1, 0.15) is 17.7 Å². The lowest BCUT2D eigenvalue weighted by Crippen LogP contribution is -2.44. The molecule has 0 aliphatic rings. The highest BCUT2D eigenvalue weighted by Crippen LogP contribution is 2.09. The predicted octanol–water partition coefficient (Wildman–Crippen LogP) is 2.00. The fraction of sp³-hybridized carbons (Fsp3) is 0.870. The summed E-state index contributed by atoms with van der Waals surface area (Å²) < 4.78 is 14.4. The number of ether oxygens (including phenoxy) is 3. The molecule has 33 heavy (non-hydrogen) atoms. The Labute approximate surface area is 200 Å². The standard InChI is InChI=1S/C14H28N2O4.C9H20N2O2/c1-14(2,3)20-13(18)15-11(12(17)19-6)9-7-8-10-16(4)5;1-11(2)7-5-4-6-8(10)9(12)13-3/h11H,7-10H2,1-6H3,(H,15,18);8H,4-7,10H2,1-3H3/t11-;8-/m00/s1. The third-order valence-corrected chi connectivity index (χ3v) is 4.40. The van der Waals surface area contributed by atoms with Crippen molar-refractivity contribution in [2.45, 2.75) is 77.0 Å². The minimum Gasteiger partial charge on any atom is -0.468 e. The number of hydrogen-bond donors (Lipinski definition) is 2. The molecule has 0 heterocycles. The molecule has 196 valence electrons. The number of methoxy groups -OCH3 is 2. The highest BCUT2D eigenvalue weighted by Gasteiger charge is 2.24. The van der Waals surface area contributed by atoms with Crippen molar-refractivity contribution >= 4 is 18.0 Å². The van der Waals surface area contributed by atoms with Crippen LogP contribution in [0.5, 0.6) is 0 Å². The fourth-order valence-electron chi connectivity index (χ4n) is 2.68. The van der Waals surface area contributed by atoms with E-state index in [0.717, 1.165) is 38.8 Å². The van der Waals surface area contributed by atoms with Gasteiger partial charge in [-0.05, 0) is 94.2 Å². The number of amides is 1. The summed E-state index contributed by atoms with van der Waals surface area (Å²) in [5.74, 6) is -0.759. The van der Waals surface area contributed by atoms with E-state index in [1.807, 2.05) is 28.2 Å². The Balaban J connectivity index is 0. The van der Waals surface area contributed by atoms with E-state index in [0.29, 0.717) is 12.8 Å². The number of nitrogens with one attached hydrogen (secondary N) is 1. The van der Waals surface area contributed by atoms with Crippen LogP contribution in [0.1, 0.15) is 59.3 Å². The molecule has 1 amide bonds. The van der Waals surface area contributed by atoms with Crippen LogP contribution in [-0.2, 0) is 23.8 Å². The van der Waals surface area contributed by atoms with E-state index in [1.54, 1.807) is 20.8 Å². The Kier molecular flexibility index (Phi) is 18.7. The molecule has 10 heteroatoms. The summed E-state index contributed by atoms with van der Waals surface area (Å²) in [6, 6.07) is -1.11. The minimum atomic E-state index is -0.656. The molecule has 0 saturated carbocycles. The van der Waals surface area contributed by atoms with Crippen LogP contribution in [0.3, 0.4) is 0 Å². The Bertz CT molecular complexity index is 550. The van der Waals surface area contributed by atoms with Crippen molar-refractivity contribution in [2.24, 2.45) is 5.73 Å². The normalized spacial score (nSPS) is 13.0. The number of alkyl carbamates (subject to hydrolysis) is 1. The first kappa shape index (κ1) is 33.3.